The van der Waals surface area contributed by atoms with E-state index < -0.39 is 0 Å². The average molecular weight is 360 g/mol. The first-order chi connectivity index (χ1) is 12.1. The van der Waals surface area contributed by atoms with Crippen LogP contribution in [-0.2, 0) is 4.74 Å². The maximum atomic E-state index is 12.5. The Labute approximate surface area is 150 Å². The molecule has 1 heterocycles. The molecule has 0 fully saturated rings. The highest BCUT2D eigenvalue weighted by Gasteiger charge is 2.18. The van der Waals surface area contributed by atoms with Gasteiger partial charge in [0.25, 0.3) is 5.91 Å². The summed E-state index contributed by atoms with van der Waals surface area (Å²) < 4.78 is 16.1. The van der Waals surface area contributed by atoms with Crippen LogP contribution in [0.1, 0.15) is 16.1 Å². The van der Waals surface area contributed by atoms with Gasteiger partial charge in [0.2, 0.25) is 0 Å². The lowest BCUT2D eigenvalue weighted by molar-refractivity contribution is 0.0998. The van der Waals surface area contributed by atoms with E-state index in [1.54, 1.807) is 49.6 Å². The number of benzene rings is 2. The van der Waals surface area contributed by atoms with Crippen LogP contribution in [0, 0.1) is 6.92 Å². The van der Waals surface area contributed by atoms with Gasteiger partial charge in [0.1, 0.15) is 17.9 Å². The van der Waals surface area contributed by atoms with Gasteiger partial charge in [0, 0.05) is 28.8 Å². The summed E-state index contributed by atoms with van der Waals surface area (Å²) in [7, 11) is 1.62. The van der Waals surface area contributed by atoms with Gasteiger partial charge in [-0.05, 0) is 49.4 Å². The third kappa shape index (κ3) is 3.95. The number of carbonyl (C=O) groups is 1. The van der Waals surface area contributed by atoms with Crippen LogP contribution in [0.15, 0.2) is 46.9 Å². The first kappa shape index (κ1) is 17.3. The second-order valence-corrected chi connectivity index (χ2v) is 5.95. The Bertz CT molecular complexity index is 886. The number of fused-ring (bicyclic) bond motifs is 1. The maximum Gasteiger partial charge on any atom is 0.291 e. The molecular formula is C19H18ClNO4. The van der Waals surface area contributed by atoms with E-state index in [-0.39, 0.29) is 11.7 Å². The molecule has 3 aromatic rings. The van der Waals surface area contributed by atoms with E-state index >= 15 is 0 Å². The number of rotatable bonds is 6. The Morgan fingerprint density at radius 3 is 2.64 bits per heavy atom. The molecule has 0 saturated heterocycles. The molecule has 6 heteroatoms. The fourth-order valence-corrected chi connectivity index (χ4v) is 2.65. The number of amides is 1. The molecule has 1 N–H and O–H groups in total. The van der Waals surface area contributed by atoms with Gasteiger partial charge in [-0.1, -0.05) is 11.6 Å². The predicted octanol–water partition coefficient (Wildman–Crippen LogP) is 4.67. The molecule has 5 nitrogen and oxygen atoms in total. The van der Waals surface area contributed by atoms with E-state index in [0.29, 0.717) is 35.3 Å². The van der Waals surface area contributed by atoms with Gasteiger partial charge >= 0.3 is 0 Å². The topological polar surface area (TPSA) is 60.7 Å². The summed E-state index contributed by atoms with van der Waals surface area (Å²) in [5, 5.41) is 4.26. The second kappa shape index (κ2) is 7.59. The molecule has 0 atom stereocenters. The Hall–Kier alpha value is -2.50. The maximum absolute atomic E-state index is 12.5. The fraction of sp³-hybridized carbons (Fsp3) is 0.211. The van der Waals surface area contributed by atoms with Crippen LogP contribution in [0.5, 0.6) is 5.75 Å². The summed E-state index contributed by atoms with van der Waals surface area (Å²) in [6, 6.07) is 12.4. The molecule has 25 heavy (non-hydrogen) atoms. The minimum absolute atomic E-state index is 0.276. The molecule has 0 radical (unpaired) electrons. The Morgan fingerprint density at radius 1 is 1.16 bits per heavy atom. The van der Waals surface area contributed by atoms with Gasteiger partial charge in [0.05, 0.1) is 6.61 Å². The van der Waals surface area contributed by atoms with Crippen molar-refractivity contribution < 1.29 is 18.7 Å². The minimum atomic E-state index is -0.308. The normalized spacial score (nSPS) is 10.8. The number of nitrogens with one attached hydrogen (secondary N) is 1. The Morgan fingerprint density at radius 2 is 1.92 bits per heavy atom. The van der Waals surface area contributed by atoms with Crippen molar-refractivity contribution in [2.45, 2.75) is 6.92 Å². The molecule has 0 saturated carbocycles. The lowest BCUT2D eigenvalue weighted by Gasteiger charge is -2.07. The summed E-state index contributed by atoms with van der Waals surface area (Å²) in [4.78, 5) is 12.5. The number of anilines is 1. The monoisotopic (exact) mass is 359 g/mol. The van der Waals surface area contributed by atoms with Crippen molar-refractivity contribution in [3.63, 3.8) is 0 Å². The zero-order chi connectivity index (χ0) is 17.8. The number of hydrogen-bond acceptors (Lipinski definition) is 4. The molecule has 0 spiro atoms. The molecule has 2 aromatic carbocycles. The number of carbonyl (C=O) groups excluding carboxylic acids is 1. The smallest absolute Gasteiger partial charge is 0.291 e. The Kier molecular flexibility index (Phi) is 5.26. The minimum Gasteiger partial charge on any atom is -0.491 e. The molecular weight excluding hydrogens is 342 g/mol. The lowest BCUT2D eigenvalue weighted by Crippen LogP contribution is -2.12. The Balaban J connectivity index is 1.73. The second-order valence-electron chi connectivity index (χ2n) is 5.52. The highest BCUT2D eigenvalue weighted by molar-refractivity contribution is 6.31. The van der Waals surface area contributed by atoms with E-state index in [0.717, 1.165) is 10.9 Å². The van der Waals surface area contributed by atoms with Gasteiger partial charge in [-0.25, -0.2) is 0 Å². The fourth-order valence-electron chi connectivity index (χ4n) is 2.47. The number of hydrogen-bond donors (Lipinski definition) is 1. The van der Waals surface area contributed by atoms with Crippen molar-refractivity contribution in [2.24, 2.45) is 0 Å². The summed E-state index contributed by atoms with van der Waals surface area (Å²) in [5.74, 6) is 0.681. The van der Waals surface area contributed by atoms with Crippen molar-refractivity contribution in [2.75, 3.05) is 25.6 Å². The van der Waals surface area contributed by atoms with Gasteiger partial charge in [-0.15, -0.1) is 0 Å². The first-order valence-electron chi connectivity index (χ1n) is 7.80. The van der Waals surface area contributed by atoms with E-state index in [1.807, 2.05) is 6.92 Å². The average Bonchev–Trinajstić information content (AvgIpc) is 2.93. The predicted molar refractivity (Wildman–Crippen MR) is 97.7 cm³/mol. The number of methoxy groups -OCH3 is 1. The first-order valence-corrected chi connectivity index (χ1v) is 8.18. The van der Waals surface area contributed by atoms with E-state index in [4.69, 9.17) is 25.5 Å². The molecule has 0 aliphatic carbocycles. The molecule has 3 rings (SSSR count). The van der Waals surface area contributed by atoms with Crippen LogP contribution < -0.4 is 10.1 Å². The summed E-state index contributed by atoms with van der Waals surface area (Å²) in [6.45, 7) is 2.83. The van der Waals surface area contributed by atoms with Gasteiger partial charge < -0.3 is 19.2 Å². The van der Waals surface area contributed by atoms with Crippen LogP contribution in [-0.4, -0.2) is 26.2 Å². The number of ether oxygens (including phenoxy) is 2. The summed E-state index contributed by atoms with van der Waals surface area (Å²) in [6.07, 6.45) is 0. The van der Waals surface area contributed by atoms with Crippen molar-refractivity contribution >= 4 is 34.2 Å². The largest absolute Gasteiger partial charge is 0.491 e. The van der Waals surface area contributed by atoms with Crippen molar-refractivity contribution in [3.05, 3.63) is 58.8 Å². The highest BCUT2D eigenvalue weighted by Crippen LogP contribution is 2.28. The van der Waals surface area contributed by atoms with Crippen molar-refractivity contribution in [1.29, 1.82) is 0 Å². The molecule has 1 amide bonds. The molecule has 0 aliphatic rings. The standard InChI is InChI=1S/C19H18ClNO4/c1-12-16-11-13(20)3-8-17(16)25-18(12)19(22)21-14-4-6-15(7-5-14)24-10-9-23-2/h3-8,11H,9-10H2,1-2H3,(H,21,22). The van der Waals surface area contributed by atoms with Crippen molar-refractivity contribution in [1.82, 2.24) is 0 Å². The van der Waals surface area contributed by atoms with Crippen LogP contribution in [0.2, 0.25) is 5.02 Å². The van der Waals surface area contributed by atoms with Gasteiger partial charge in [-0.2, -0.15) is 0 Å². The zero-order valence-corrected chi connectivity index (χ0v) is 14.7. The summed E-state index contributed by atoms with van der Waals surface area (Å²) >= 11 is 6.01. The zero-order valence-electron chi connectivity index (χ0n) is 14.0. The molecule has 0 unspecified atom stereocenters. The molecule has 0 bridgehead atoms. The number of furan rings is 1. The van der Waals surface area contributed by atoms with Crippen LogP contribution in [0.25, 0.3) is 11.0 Å². The summed E-state index contributed by atoms with van der Waals surface area (Å²) in [5.41, 5.74) is 2.05. The molecule has 0 aliphatic heterocycles. The van der Waals surface area contributed by atoms with Crippen LogP contribution in [0.3, 0.4) is 0 Å². The quantitative estimate of drug-likeness (QED) is 0.649. The third-order valence-electron chi connectivity index (χ3n) is 3.77. The SMILES string of the molecule is COCCOc1ccc(NC(=O)c2oc3ccc(Cl)cc3c2C)cc1. The van der Waals surface area contributed by atoms with Crippen molar-refractivity contribution in [3.8, 4) is 5.75 Å². The van der Waals surface area contributed by atoms with Gasteiger partial charge in [-0.3, -0.25) is 4.79 Å². The van der Waals surface area contributed by atoms with Gasteiger partial charge in [0.15, 0.2) is 5.76 Å². The molecule has 1 aromatic heterocycles. The molecule has 130 valence electrons. The number of halogens is 1. The number of aryl methyl sites for hydroxylation is 1. The van der Waals surface area contributed by atoms with Crippen LogP contribution >= 0.6 is 11.6 Å². The van der Waals surface area contributed by atoms with Crippen LogP contribution in [0.4, 0.5) is 5.69 Å². The highest BCUT2D eigenvalue weighted by atomic mass is 35.5. The third-order valence-corrected chi connectivity index (χ3v) is 4.01. The van der Waals surface area contributed by atoms with E-state index in [9.17, 15) is 4.79 Å². The van der Waals surface area contributed by atoms with E-state index in [1.165, 1.54) is 0 Å². The van der Waals surface area contributed by atoms with E-state index in [2.05, 4.69) is 5.32 Å². The lowest BCUT2D eigenvalue weighted by atomic mass is 10.1.